The van der Waals surface area contributed by atoms with Crippen LogP contribution in [0.1, 0.15) is 40.5 Å². The third-order valence-electron chi connectivity index (χ3n) is 2.35. The van der Waals surface area contributed by atoms with Gasteiger partial charge in [0.1, 0.15) is 0 Å². The van der Waals surface area contributed by atoms with Crippen molar-refractivity contribution in [2.75, 3.05) is 20.7 Å². The van der Waals surface area contributed by atoms with Gasteiger partial charge in [0, 0.05) is 19.7 Å². The maximum Gasteiger partial charge on any atom is 0.0319 e. The first-order chi connectivity index (χ1) is 5.70. The largest absolute Gasteiger partial charge is 0.400 e. The predicted octanol–water partition coefficient (Wildman–Crippen LogP) is 2.37. The number of hydrogen-bond acceptors (Lipinski definition) is 2. The third-order valence-corrected chi connectivity index (χ3v) is 2.35. The molecule has 82 valence electrons. The average Bonchev–Trinajstić information content (AvgIpc) is 1.85. The number of aliphatic hydroxyl groups excluding tert-OH is 1. The van der Waals surface area contributed by atoms with Crippen molar-refractivity contribution in [1.29, 1.82) is 0 Å². The van der Waals surface area contributed by atoms with E-state index in [0.717, 1.165) is 19.1 Å². The summed E-state index contributed by atoms with van der Waals surface area (Å²) < 4.78 is 0. The molecule has 2 nitrogen and oxygen atoms in total. The first-order valence-corrected chi connectivity index (χ1v) is 4.85. The van der Waals surface area contributed by atoms with Crippen LogP contribution >= 0.6 is 0 Å². The second-order valence-electron chi connectivity index (χ2n) is 3.92. The summed E-state index contributed by atoms with van der Waals surface area (Å²) in [4.78, 5) is 2.51. The van der Waals surface area contributed by atoms with E-state index in [0.29, 0.717) is 0 Å². The van der Waals surface area contributed by atoms with E-state index in [-0.39, 0.29) is 7.43 Å². The second-order valence-corrected chi connectivity index (χ2v) is 3.92. The summed E-state index contributed by atoms with van der Waals surface area (Å²) in [5.74, 6) is 0.825. The first-order valence-electron chi connectivity index (χ1n) is 4.85. The Morgan fingerprint density at radius 2 is 1.77 bits per heavy atom. The van der Waals surface area contributed by atoms with E-state index in [4.69, 9.17) is 5.11 Å². The first kappa shape index (κ1) is 15.4. The van der Waals surface area contributed by atoms with Crippen molar-refractivity contribution in [3.8, 4) is 0 Å². The lowest BCUT2D eigenvalue weighted by Crippen LogP contribution is -2.39. The Hall–Kier alpha value is -0.0800. The van der Waals surface area contributed by atoms with Gasteiger partial charge in [0.2, 0.25) is 0 Å². The van der Waals surface area contributed by atoms with Crippen molar-refractivity contribution in [2.24, 2.45) is 5.92 Å². The van der Waals surface area contributed by atoms with E-state index in [9.17, 15) is 0 Å². The molecule has 0 heterocycles. The van der Waals surface area contributed by atoms with Gasteiger partial charge >= 0.3 is 0 Å². The second kappa shape index (κ2) is 8.52. The van der Waals surface area contributed by atoms with Crippen molar-refractivity contribution >= 4 is 0 Å². The molecule has 0 unspecified atom stereocenters. The topological polar surface area (TPSA) is 23.5 Å². The van der Waals surface area contributed by atoms with Crippen LogP contribution in [-0.4, -0.2) is 36.8 Å². The zero-order valence-corrected chi connectivity index (χ0v) is 8.88. The Bertz CT molecular complexity index is 100. The number of hydrogen-bond donors (Lipinski definition) is 1. The van der Waals surface area contributed by atoms with Crippen molar-refractivity contribution in [1.82, 2.24) is 4.90 Å². The highest BCUT2D eigenvalue weighted by Gasteiger charge is 2.21. The van der Waals surface area contributed by atoms with Gasteiger partial charge < -0.3 is 10.0 Å². The summed E-state index contributed by atoms with van der Waals surface area (Å²) in [5, 5.41) is 7.00. The van der Waals surface area contributed by atoms with Crippen LogP contribution in [0.2, 0.25) is 0 Å². The molecule has 1 aliphatic rings. The summed E-state index contributed by atoms with van der Waals surface area (Å²) in [6, 6.07) is 0.919. The lowest BCUT2D eigenvalue weighted by atomic mass is 9.91. The predicted molar refractivity (Wildman–Crippen MR) is 60.0 cm³/mol. The van der Waals surface area contributed by atoms with Gasteiger partial charge in [0.25, 0.3) is 0 Å². The molecule has 1 rings (SSSR count). The molecule has 0 aliphatic heterocycles. The molecule has 1 saturated carbocycles. The fourth-order valence-electron chi connectivity index (χ4n) is 1.55. The van der Waals surface area contributed by atoms with Gasteiger partial charge in [-0.2, -0.15) is 0 Å². The minimum absolute atomic E-state index is 0. The van der Waals surface area contributed by atoms with Crippen LogP contribution in [0.15, 0.2) is 0 Å². The highest BCUT2D eigenvalue weighted by molar-refractivity contribution is 4.77. The monoisotopic (exact) mass is 189 g/mol. The summed E-state index contributed by atoms with van der Waals surface area (Å²) in [6.07, 6.45) is 4.32. The Kier molecular flexibility index (Phi) is 10.1. The SMILES string of the molecule is C.CC(C)CN(C)C1CCC1.CO. The molecule has 2 heteroatoms. The molecule has 1 N–H and O–H groups in total. The van der Waals surface area contributed by atoms with E-state index >= 15 is 0 Å². The lowest BCUT2D eigenvalue weighted by Gasteiger charge is -2.35. The summed E-state index contributed by atoms with van der Waals surface area (Å²) in [7, 11) is 3.25. The zero-order valence-electron chi connectivity index (χ0n) is 8.88. The smallest absolute Gasteiger partial charge is 0.0319 e. The molecule has 13 heavy (non-hydrogen) atoms. The van der Waals surface area contributed by atoms with Crippen molar-refractivity contribution in [3.63, 3.8) is 0 Å². The van der Waals surface area contributed by atoms with Gasteiger partial charge in [-0.15, -0.1) is 0 Å². The highest BCUT2D eigenvalue weighted by Crippen LogP contribution is 2.23. The fraction of sp³-hybridized carbons (Fsp3) is 1.00. The molecule has 0 saturated heterocycles. The van der Waals surface area contributed by atoms with E-state index in [1.165, 1.54) is 25.8 Å². The molecule has 0 amide bonds. The van der Waals surface area contributed by atoms with E-state index < -0.39 is 0 Å². The maximum atomic E-state index is 7.00. The van der Waals surface area contributed by atoms with Crippen LogP contribution in [0.25, 0.3) is 0 Å². The molecule has 0 radical (unpaired) electrons. The maximum absolute atomic E-state index is 7.00. The normalized spacial score (nSPS) is 15.9. The van der Waals surface area contributed by atoms with Gasteiger partial charge in [-0.25, -0.2) is 0 Å². The van der Waals surface area contributed by atoms with Gasteiger partial charge in [0.05, 0.1) is 0 Å². The van der Waals surface area contributed by atoms with Gasteiger partial charge in [-0.1, -0.05) is 27.7 Å². The van der Waals surface area contributed by atoms with Crippen molar-refractivity contribution in [3.05, 3.63) is 0 Å². The molecular weight excluding hydrogens is 162 g/mol. The van der Waals surface area contributed by atoms with Gasteiger partial charge in [-0.05, 0) is 25.8 Å². The minimum Gasteiger partial charge on any atom is -0.400 e. The summed E-state index contributed by atoms with van der Waals surface area (Å²) >= 11 is 0. The van der Waals surface area contributed by atoms with E-state index in [2.05, 4.69) is 25.8 Å². The van der Waals surface area contributed by atoms with Crippen LogP contribution in [0.4, 0.5) is 0 Å². The lowest BCUT2D eigenvalue weighted by molar-refractivity contribution is 0.145. The number of rotatable bonds is 3. The van der Waals surface area contributed by atoms with Crippen LogP contribution in [-0.2, 0) is 0 Å². The molecule has 0 aromatic rings. The molecule has 0 aromatic heterocycles. The Morgan fingerprint density at radius 1 is 1.31 bits per heavy atom. The molecule has 1 fully saturated rings. The van der Waals surface area contributed by atoms with Crippen LogP contribution in [0.5, 0.6) is 0 Å². The van der Waals surface area contributed by atoms with Crippen molar-refractivity contribution < 1.29 is 5.11 Å². The molecule has 0 bridgehead atoms. The molecule has 0 aromatic carbocycles. The highest BCUT2D eigenvalue weighted by atomic mass is 16.2. The Labute approximate surface area is 83.9 Å². The molecule has 0 atom stereocenters. The van der Waals surface area contributed by atoms with E-state index in [1.807, 2.05) is 0 Å². The Morgan fingerprint density at radius 3 is 2.00 bits per heavy atom. The summed E-state index contributed by atoms with van der Waals surface area (Å²) in [6.45, 7) is 5.84. The van der Waals surface area contributed by atoms with Crippen LogP contribution in [0, 0.1) is 5.92 Å². The number of aliphatic hydroxyl groups is 1. The van der Waals surface area contributed by atoms with E-state index in [1.54, 1.807) is 0 Å². The third kappa shape index (κ3) is 6.05. The van der Waals surface area contributed by atoms with Crippen LogP contribution in [0.3, 0.4) is 0 Å². The number of nitrogens with zero attached hydrogens (tertiary/aromatic N) is 1. The Balaban J connectivity index is 0. The molecule has 0 spiro atoms. The van der Waals surface area contributed by atoms with Gasteiger partial charge in [-0.3, -0.25) is 0 Å². The van der Waals surface area contributed by atoms with Gasteiger partial charge in [0.15, 0.2) is 0 Å². The fourth-order valence-corrected chi connectivity index (χ4v) is 1.55. The minimum atomic E-state index is 0. The standard InChI is InChI=1S/C9H19N.CH4O.CH4/c1-8(2)7-10(3)9-5-4-6-9;1-2;/h8-9H,4-7H2,1-3H3;2H,1H3;1H4. The zero-order chi connectivity index (χ0) is 9.56. The van der Waals surface area contributed by atoms with Crippen LogP contribution < -0.4 is 0 Å². The quantitative estimate of drug-likeness (QED) is 0.737. The summed E-state index contributed by atoms with van der Waals surface area (Å²) in [5.41, 5.74) is 0. The molecule has 1 aliphatic carbocycles. The average molecular weight is 189 g/mol. The van der Waals surface area contributed by atoms with Crippen molar-refractivity contribution in [2.45, 2.75) is 46.6 Å². The molecular formula is C11H27NO.